The number of aromatic nitrogens is 2. The fourth-order valence-electron chi connectivity index (χ4n) is 2.04. The molecule has 0 bridgehead atoms. The van der Waals surface area contributed by atoms with Gasteiger partial charge < -0.3 is 5.32 Å². The SMILES string of the molecule is CC1CNCCC1C(=O)c1cncnc1. The molecule has 4 nitrogen and oxygen atoms in total. The summed E-state index contributed by atoms with van der Waals surface area (Å²) in [6, 6.07) is 0. The van der Waals surface area contributed by atoms with E-state index in [-0.39, 0.29) is 11.7 Å². The van der Waals surface area contributed by atoms with Crippen molar-refractivity contribution in [2.45, 2.75) is 13.3 Å². The molecule has 2 unspecified atom stereocenters. The van der Waals surface area contributed by atoms with Crippen molar-refractivity contribution in [3.63, 3.8) is 0 Å². The zero-order valence-electron chi connectivity index (χ0n) is 8.81. The van der Waals surface area contributed by atoms with E-state index in [0.717, 1.165) is 19.5 Å². The largest absolute Gasteiger partial charge is 0.316 e. The van der Waals surface area contributed by atoms with Crippen LogP contribution in [0.2, 0.25) is 0 Å². The van der Waals surface area contributed by atoms with Gasteiger partial charge in [0.15, 0.2) is 5.78 Å². The molecule has 1 N–H and O–H groups in total. The van der Waals surface area contributed by atoms with Gasteiger partial charge in [-0.3, -0.25) is 4.79 Å². The van der Waals surface area contributed by atoms with Gasteiger partial charge in [-0.05, 0) is 25.4 Å². The zero-order chi connectivity index (χ0) is 10.7. The minimum absolute atomic E-state index is 0.122. The summed E-state index contributed by atoms with van der Waals surface area (Å²) in [7, 11) is 0. The molecule has 80 valence electrons. The highest BCUT2D eigenvalue weighted by molar-refractivity contribution is 5.97. The van der Waals surface area contributed by atoms with E-state index in [9.17, 15) is 4.79 Å². The van der Waals surface area contributed by atoms with E-state index < -0.39 is 0 Å². The smallest absolute Gasteiger partial charge is 0.169 e. The van der Waals surface area contributed by atoms with Crippen molar-refractivity contribution in [3.8, 4) is 0 Å². The van der Waals surface area contributed by atoms with Crippen LogP contribution in [0.5, 0.6) is 0 Å². The lowest BCUT2D eigenvalue weighted by atomic mass is 9.83. The third-order valence-electron chi connectivity index (χ3n) is 2.97. The van der Waals surface area contributed by atoms with Crippen LogP contribution in [0.15, 0.2) is 18.7 Å². The van der Waals surface area contributed by atoms with E-state index in [1.807, 2.05) is 0 Å². The summed E-state index contributed by atoms with van der Waals surface area (Å²) in [6.45, 7) is 3.96. The first-order chi connectivity index (χ1) is 7.29. The third-order valence-corrected chi connectivity index (χ3v) is 2.97. The highest BCUT2D eigenvalue weighted by Crippen LogP contribution is 2.22. The number of carbonyl (C=O) groups excluding carboxylic acids is 1. The predicted molar refractivity (Wildman–Crippen MR) is 56.5 cm³/mol. The van der Waals surface area contributed by atoms with E-state index in [2.05, 4.69) is 22.2 Å². The molecule has 4 heteroatoms. The van der Waals surface area contributed by atoms with Crippen LogP contribution in [-0.2, 0) is 0 Å². The van der Waals surface area contributed by atoms with Gasteiger partial charge in [0.1, 0.15) is 6.33 Å². The van der Waals surface area contributed by atoms with Crippen molar-refractivity contribution < 1.29 is 4.79 Å². The second-order valence-corrected chi connectivity index (χ2v) is 4.07. The molecule has 0 amide bonds. The summed E-state index contributed by atoms with van der Waals surface area (Å²) in [5, 5.41) is 3.29. The molecule has 1 fully saturated rings. The van der Waals surface area contributed by atoms with Gasteiger partial charge in [0.25, 0.3) is 0 Å². The Morgan fingerprint density at radius 2 is 2.20 bits per heavy atom. The van der Waals surface area contributed by atoms with Crippen LogP contribution >= 0.6 is 0 Å². The Morgan fingerprint density at radius 3 is 2.87 bits per heavy atom. The fraction of sp³-hybridized carbons (Fsp3) is 0.545. The van der Waals surface area contributed by atoms with Crippen LogP contribution in [0, 0.1) is 11.8 Å². The minimum atomic E-state index is 0.122. The molecule has 0 saturated carbocycles. The monoisotopic (exact) mass is 205 g/mol. The molecule has 2 atom stereocenters. The van der Waals surface area contributed by atoms with E-state index in [0.29, 0.717) is 11.5 Å². The van der Waals surface area contributed by atoms with Crippen LogP contribution < -0.4 is 5.32 Å². The van der Waals surface area contributed by atoms with Crippen LogP contribution in [0.4, 0.5) is 0 Å². The number of ketones is 1. The number of nitrogens with one attached hydrogen (secondary N) is 1. The highest BCUT2D eigenvalue weighted by Gasteiger charge is 2.28. The fourth-order valence-corrected chi connectivity index (χ4v) is 2.04. The van der Waals surface area contributed by atoms with Gasteiger partial charge >= 0.3 is 0 Å². The average molecular weight is 205 g/mol. The van der Waals surface area contributed by atoms with Gasteiger partial charge in [0.2, 0.25) is 0 Å². The summed E-state index contributed by atoms with van der Waals surface area (Å²) in [6.07, 6.45) is 5.56. The van der Waals surface area contributed by atoms with Gasteiger partial charge in [-0.25, -0.2) is 9.97 Å². The molecule has 0 aromatic carbocycles. The quantitative estimate of drug-likeness (QED) is 0.729. The molecule has 2 rings (SSSR count). The molecule has 1 saturated heterocycles. The van der Waals surface area contributed by atoms with Crippen molar-refractivity contribution in [1.82, 2.24) is 15.3 Å². The van der Waals surface area contributed by atoms with Crippen molar-refractivity contribution in [1.29, 1.82) is 0 Å². The molecule has 15 heavy (non-hydrogen) atoms. The molecule has 0 spiro atoms. The van der Waals surface area contributed by atoms with Crippen molar-refractivity contribution in [3.05, 3.63) is 24.3 Å². The van der Waals surface area contributed by atoms with Crippen LogP contribution in [0.1, 0.15) is 23.7 Å². The number of nitrogens with zero attached hydrogens (tertiary/aromatic N) is 2. The lowest BCUT2D eigenvalue weighted by Crippen LogP contribution is -2.38. The second-order valence-electron chi connectivity index (χ2n) is 4.07. The Labute approximate surface area is 89.1 Å². The van der Waals surface area contributed by atoms with Crippen LogP contribution in [0.25, 0.3) is 0 Å². The molecule has 1 aliphatic heterocycles. The number of rotatable bonds is 2. The molecule has 1 aromatic rings. The summed E-state index contributed by atoms with van der Waals surface area (Å²) in [5.74, 6) is 0.702. The van der Waals surface area contributed by atoms with E-state index in [1.165, 1.54) is 6.33 Å². The van der Waals surface area contributed by atoms with Crippen LogP contribution in [0.3, 0.4) is 0 Å². The molecule has 1 aromatic heterocycles. The lowest BCUT2D eigenvalue weighted by molar-refractivity contribution is 0.0847. The van der Waals surface area contributed by atoms with E-state index >= 15 is 0 Å². The number of carbonyl (C=O) groups is 1. The molecular formula is C11H15N3O. The zero-order valence-corrected chi connectivity index (χ0v) is 8.81. The summed E-state index contributed by atoms with van der Waals surface area (Å²) < 4.78 is 0. The molecule has 2 heterocycles. The Morgan fingerprint density at radius 1 is 1.47 bits per heavy atom. The Hall–Kier alpha value is -1.29. The maximum atomic E-state index is 12.1. The van der Waals surface area contributed by atoms with Crippen LogP contribution in [-0.4, -0.2) is 28.8 Å². The molecule has 0 radical (unpaired) electrons. The predicted octanol–water partition coefficient (Wildman–Crippen LogP) is 0.905. The Balaban J connectivity index is 2.13. The number of Topliss-reactive ketones (excluding diaryl/α,β-unsaturated/α-hetero) is 1. The van der Waals surface area contributed by atoms with E-state index in [4.69, 9.17) is 0 Å². The Kier molecular flexibility index (Phi) is 3.06. The van der Waals surface area contributed by atoms with E-state index in [1.54, 1.807) is 12.4 Å². The normalized spacial score (nSPS) is 26.2. The number of piperidine rings is 1. The van der Waals surface area contributed by atoms with Crippen molar-refractivity contribution >= 4 is 5.78 Å². The summed E-state index contributed by atoms with van der Waals surface area (Å²) in [4.78, 5) is 19.9. The topological polar surface area (TPSA) is 54.9 Å². The van der Waals surface area contributed by atoms with Gasteiger partial charge in [-0.2, -0.15) is 0 Å². The molecular weight excluding hydrogens is 190 g/mol. The molecule has 1 aliphatic rings. The lowest BCUT2D eigenvalue weighted by Gasteiger charge is -2.28. The summed E-state index contributed by atoms with van der Waals surface area (Å²) >= 11 is 0. The standard InChI is InChI=1S/C11H15N3O/c1-8-4-12-3-2-10(8)11(15)9-5-13-7-14-6-9/h5-8,10,12H,2-4H2,1H3. The number of hydrogen-bond donors (Lipinski definition) is 1. The third kappa shape index (κ3) is 2.21. The molecule has 0 aliphatic carbocycles. The summed E-state index contributed by atoms with van der Waals surface area (Å²) in [5.41, 5.74) is 0.635. The van der Waals surface area contributed by atoms with Gasteiger partial charge in [0, 0.05) is 18.3 Å². The van der Waals surface area contributed by atoms with Gasteiger partial charge in [-0.1, -0.05) is 6.92 Å². The number of hydrogen-bond acceptors (Lipinski definition) is 4. The van der Waals surface area contributed by atoms with Crippen molar-refractivity contribution in [2.24, 2.45) is 11.8 Å². The van der Waals surface area contributed by atoms with Crippen molar-refractivity contribution in [2.75, 3.05) is 13.1 Å². The first kappa shape index (κ1) is 10.2. The maximum absolute atomic E-state index is 12.1. The minimum Gasteiger partial charge on any atom is -0.316 e. The first-order valence-corrected chi connectivity index (χ1v) is 5.29. The first-order valence-electron chi connectivity index (χ1n) is 5.29. The second kappa shape index (κ2) is 4.49. The highest BCUT2D eigenvalue weighted by atomic mass is 16.1. The van der Waals surface area contributed by atoms with Gasteiger partial charge in [0.05, 0.1) is 5.56 Å². The Bertz CT molecular complexity index is 339. The average Bonchev–Trinajstić information content (AvgIpc) is 2.30. The van der Waals surface area contributed by atoms with Gasteiger partial charge in [-0.15, -0.1) is 0 Å². The maximum Gasteiger partial charge on any atom is 0.169 e.